The van der Waals surface area contributed by atoms with Crippen molar-refractivity contribution in [1.29, 1.82) is 0 Å². The molecule has 0 aromatic carbocycles. The molecule has 0 aliphatic heterocycles. The van der Waals surface area contributed by atoms with E-state index in [-0.39, 0.29) is 0 Å². The normalized spacial score (nSPS) is 12.0. The van der Waals surface area contributed by atoms with Crippen molar-refractivity contribution < 1.29 is 4.74 Å². The number of rotatable bonds is 7. The van der Waals surface area contributed by atoms with E-state index in [0.29, 0.717) is 12.5 Å². The van der Waals surface area contributed by atoms with E-state index in [2.05, 4.69) is 34.5 Å². The Morgan fingerprint density at radius 1 is 1.35 bits per heavy atom. The van der Waals surface area contributed by atoms with Gasteiger partial charge in [-0.3, -0.25) is 4.99 Å². The van der Waals surface area contributed by atoms with Gasteiger partial charge in [0.2, 0.25) is 0 Å². The summed E-state index contributed by atoms with van der Waals surface area (Å²) in [4.78, 5) is 9.86. The van der Waals surface area contributed by atoms with Crippen molar-refractivity contribution in [1.82, 2.24) is 15.6 Å². The van der Waals surface area contributed by atoms with Crippen molar-refractivity contribution in [2.45, 2.75) is 34.2 Å². The summed E-state index contributed by atoms with van der Waals surface area (Å²) < 4.78 is 5.52. The summed E-state index contributed by atoms with van der Waals surface area (Å²) in [5.74, 6) is 1.37. The second kappa shape index (κ2) is 8.92. The Hall–Kier alpha value is -1.14. The van der Waals surface area contributed by atoms with Crippen LogP contribution in [0.3, 0.4) is 0 Å². The van der Waals surface area contributed by atoms with Gasteiger partial charge in [0.1, 0.15) is 0 Å². The molecule has 1 rings (SSSR count). The van der Waals surface area contributed by atoms with E-state index in [1.54, 1.807) is 18.4 Å². The maximum Gasteiger partial charge on any atom is 0.191 e. The summed E-state index contributed by atoms with van der Waals surface area (Å²) >= 11 is 1.72. The van der Waals surface area contributed by atoms with Gasteiger partial charge in [-0.15, -0.1) is 11.3 Å². The standard InChI is InChI=1S/C14H26N4OS/c1-10(2)9-19-7-6-16-14(15-5)17-8-13-11(3)18-12(4)20-13/h10H,6-9H2,1-5H3,(H2,15,16,17). The van der Waals surface area contributed by atoms with Gasteiger partial charge in [0, 0.05) is 25.1 Å². The quantitative estimate of drug-likeness (QED) is 0.460. The minimum absolute atomic E-state index is 0.574. The molecular weight excluding hydrogens is 272 g/mol. The fourth-order valence-corrected chi connectivity index (χ4v) is 2.56. The fraction of sp³-hybridized carbons (Fsp3) is 0.714. The third-order valence-electron chi connectivity index (χ3n) is 2.63. The molecule has 0 unspecified atom stereocenters. The zero-order chi connectivity index (χ0) is 15.0. The lowest BCUT2D eigenvalue weighted by atomic mass is 10.2. The molecule has 0 amide bonds. The number of nitrogens with one attached hydrogen (secondary N) is 2. The van der Waals surface area contributed by atoms with Crippen LogP contribution in [0.15, 0.2) is 4.99 Å². The summed E-state index contributed by atoms with van der Waals surface area (Å²) in [7, 11) is 1.77. The largest absolute Gasteiger partial charge is 0.379 e. The molecule has 0 atom stereocenters. The Bertz CT molecular complexity index is 429. The van der Waals surface area contributed by atoms with Crippen LogP contribution in [-0.4, -0.2) is 37.7 Å². The first kappa shape index (κ1) is 16.9. The summed E-state index contributed by atoms with van der Waals surface area (Å²) in [6, 6.07) is 0. The van der Waals surface area contributed by atoms with Crippen molar-refractivity contribution in [3.63, 3.8) is 0 Å². The van der Waals surface area contributed by atoms with Crippen LogP contribution in [0.1, 0.15) is 29.4 Å². The molecule has 0 fully saturated rings. The molecule has 5 nitrogen and oxygen atoms in total. The molecule has 0 aliphatic rings. The SMILES string of the molecule is CN=C(NCCOCC(C)C)NCc1sc(C)nc1C. The summed E-state index contributed by atoms with van der Waals surface area (Å²) in [6.45, 7) is 11.4. The Kier molecular flexibility index (Phi) is 7.54. The Labute approximate surface area is 125 Å². The molecule has 0 spiro atoms. The van der Waals surface area contributed by atoms with E-state index in [9.17, 15) is 0 Å². The van der Waals surface area contributed by atoms with Crippen LogP contribution in [0.2, 0.25) is 0 Å². The maximum atomic E-state index is 5.52. The van der Waals surface area contributed by atoms with Gasteiger partial charge in [-0.05, 0) is 19.8 Å². The lowest BCUT2D eigenvalue weighted by Gasteiger charge is -2.12. The third kappa shape index (κ3) is 6.34. The number of guanidine groups is 1. The Morgan fingerprint density at radius 2 is 2.10 bits per heavy atom. The molecule has 1 heterocycles. The van der Waals surface area contributed by atoms with E-state index in [1.165, 1.54) is 4.88 Å². The second-order valence-electron chi connectivity index (χ2n) is 5.06. The number of hydrogen-bond acceptors (Lipinski definition) is 4. The van der Waals surface area contributed by atoms with Crippen LogP contribution in [0.25, 0.3) is 0 Å². The second-order valence-corrected chi connectivity index (χ2v) is 6.35. The molecule has 6 heteroatoms. The molecule has 0 saturated carbocycles. The zero-order valence-corrected chi connectivity index (χ0v) is 13.9. The van der Waals surface area contributed by atoms with Gasteiger partial charge < -0.3 is 15.4 Å². The predicted octanol–water partition coefficient (Wildman–Crippen LogP) is 2.10. The summed E-state index contributed by atoms with van der Waals surface area (Å²) in [6.07, 6.45) is 0. The predicted molar refractivity (Wildman–Crippen MR) is 85.4 cm³/mol. The molecule has 0 bridgehead atoms. The number of aromatic nitrogens is 1. The van der Waals surface area contributed by atoms with Crippen LogP contribution >= 0.6 is 11.3 Å². The molecule has 20 heavy (non-hydrogen) atoms. The smallest absolute Gasteiger partial charge is 0.191 e. The highest BCUT2D eigenvalue weighted by molar-refractivity contribution is 7.11. The van der Waals surface area contributed by atoms with Crippen LogP contribution < -0.4 is 10.6 Å². The van der Waals surface area contributed by atoms with Gasteiger partial charge in [-0.1, -0.05) is 13.8 Å². The van der Waals surface area contributed by atoms with Crippen LogP contribution in [0, 0.1) is 19.8 Å². The number of aliphatic imine (C=N–C) groups is 1. The summed E-state index contributed by atoms with van der Waals surface area (Å²) in [5.41, 5.74) is 1.09. The molecule has 1 aromatic rings. The highest BCUT2D eigenvalue weighted by Gasteiger charge is 2.05. The zero-order valence-electron chi connectivity index (χ0n) is 13.1. The highest BCUT2D eigenvalue weighted by Crippen LogP contribution is 2.16. The molecule has 2 N–H and O–H groups in total. The van der Waals surface area contributed by atoms with Crippen molar-refractivity contribution >= 4 is 17.3 Å². The number of thiazole rings is 1. The van der Waals surface area contributed by atoms with Crippen molar-refractivity contribution in [2.24, 2.45) is 10.9 Å². The molecule has 1 aromatic heterocycles. The molecule has 0 aliphatic carbocycles. The van der Waals surface area contributed by atoms with Gasteiger partial charge in [0.15, 0.2) is 5.96 Å². The third-order valence-corrected chi connectivity index (χ3v) is 3.70. The van der Waals surface area contributed by atoms with Crippen molar-refractivity contribution in [3.8, 4) is 0 Å². The van der Waals surface area contributed by atoms with E-state index >= 15 is 0 Å². The average Bonchev–Trinajstić information content (AvgIpc) is 2.71. The van der Waals surface area contributed by atoms with Crippen LogP contribution in [0.5, 0.6) is 0 Å². The van der Waals surface area contributed by atoms with Gasteiger partial charge in [0.05, 0.1) is 23.9 Å². The number of nitrogens with zero attached hydrogens (tertiary/aromatic N) is 2. The Morgan fingerprint density at radius 3 is 2.65 bits per heavy atom. The van der Waals surface area contributed by atoms with Crippen molar-refractivity contribution in [2.75, 3.05) is 26.8 Å². The van der Waals surface area contributed by atoms with E-state index in [1.807, 2.05) is 13.8 Å². The van der Waals surface area contributed by atoms with Gasteiger partial charge in [0.25, 0.3) is 0 Å². The van der Waals surface area contributed by atoms with E-state index < -0.39 is 0 Å². The topological polar surface area (TPSA) is 58.5 Å². The first-order chi connectivity index (χ1) is 9.52. The highest BCUT2D eigenvalue weighted by atomic mass is 32.1. The molecule has 0 radical (unpaired) electrons. The summed E-state index contributed by atoms with van der Waals surface area (Å²) in [5, 5.41) is 7.63. The van der Waals surface area contributed by atoms with Crippen molar-refractivity contribution in [3.05, 3.63) is 15.6 Å². The lowest BCUT2D eigenvalue weighted by Crippen LogP contribution is -2.38. The Balaban J connectivity index is 2.25. The van der Waals surface area contributed by atoms with E-state index in [4.69, 9.17) is 4.74 Å². The first-order valence-corrected chi connectivity index (χ1v) is 7.79. The van der Waals surface area contributed by atoms with Crippen LogP contribution in [0.4, 0.5) is 0 Å². The molecular formula is C14H26N4OS. The monoisotopic (exact) mass is 298 g/mol. The van der Waals surface area contributed by atoms with E-state index in [0.717, 1.165) is 36.4 Å². The first-order valence-electron chi connectivity index (χ1n) is 6.98. The number of hydrogen-bond donors (Lipinski definition) is 2. The molecule has 0 saturated heterocycles. The number of aryl methyl sites for hydroxylation is 2. The van der Waals surface area contributed by atoms with Crippen LogP contribution in [-0.2, 0) is 11.3 Å². The minimum Gasteiger partial charge on any atom is -0.379 e. The fourth-order valence-electron chi connectivity index (χ4n) is 1.68. The minimum atomic E-state index is 0.574. The van der Waals surface area contributed by atoms with Gasteiger partial charge in [-0.25, -0.2) is 4.98 Å². The van der Waals surface area contributed by atoms with Gasteiger partial charge >= 0.3 is 0 Å². The molecule has 114 valence electrons. The maximum absolute atomic E-state index is 5.52. The number of ether oxygens (including phenoxy) is 1. The lowest BCUT2D eigenvalue weighted by molar-refractivity contribution is 0.114. The van der Waals surface area contributed by atoms with Gasteiger partial charge in [-0.2, -0.15) is 0 Å². The average molecular weight is 298 g/mol.